The molecular weight excluding hydrogens is 414 g/mol. The Morgan fingerprint density at radius 1 is 0.676 bits per heavy atom. The Morgan fingerprint density at radius 3 is 2.06 bits per heavy atom. The van der Waals surface area contributed by atoms with E-state index in [4.69, 9.17) is 0 Å². The second-order valence-electron chi connectivity index (χ2n) is 10.1. The van der Waals surface area contributed by atoms with E-state index < -0.39 is 6.10 Å². The van der Waals surface area contributed by atoms with E-state index in [0.717, 1.165) is 23.1 Å². The molecule has 5 aromatic rings. The van der Waals surface area contributed by atoms with Crippen molar-refractivity contribution in [3.63, 3.8) is 0 Å². The lowest BCUT2D eigenvalue weighted by molar-refractivity contribution is -0.960. The molecule has 6 rings (SSSR count). The number of nitrogens with zero attached hydrogens (tertiary/aromatic N) is 1. The molecule has 5 aromatic carbocycles. The molecule has 1 N–H and O–H groups in total. The molecule has 2 nitrogen and oxygen atoms in total. The molecule has 0 spiro atoms. The van der Waals surface area contributed by atoms with Crippen LogP contribution in [0.2, 0.25) is 0 Å². The molecule has 0 saturated heterocycles. The van der Waals surface area contributed by atoms with Crippen molar-refractivity contribution < 1.29 is 9.59 Å². The maximum atomic E-state index is 11.4. The fraction of sp³-hybridized carbons (Fsp3) is 0.188. The highest BCUT2D eigenvalue weighted by Gasteiger charge is 2.39. The van der Waals surface area contributed by atoms with Gasteiger partial charge in [-0.25, -0.2) is 0 Å². The van der Waals surface area contributed by atoms with E-state index in [2.05, 4.69) is 86.8 Å². The van der Waals surface area contributed by atoms with Crippen molar-refractivity contribution in [1.29, 1.82) is 0 Å². The molecule has 0 fully saturated rings. The van der Waals surface area contributed by atoms with Crippen molar-refractivity contribution in [3.8, 4) is 11.1 Å². The average Bonchev–Trinajstić information content (AvgIpc) is 3.00. The largest absolute Gasteiger partial charge is 0.382 e. The van der Waals surface area contributed by atoms with Crippen LogP contribution >= 0.6 is 0 Å². The lowest BCUT2D eigenvalue weighted by atomic mass is 9.90. The van der Waals surface area contributed by atoms with Crippen LogP contribution in [-0.4, -0.2) is 22.7 Å². The van der Waals surface area contributed by atoms with Crippen molar-refractivity contribution in [2.24, 2.45) is 0 Å². The first-order valence-corrected chi connectivity index (χ1v) is 12.1. The van der Waals surface area contributed by atoms with Gasteiger partial charge in [-0.15, -0.1) is 0 Å². The summed E-state index contributed by atoms with van der Waals surface area (Å²) in [6.07, 6.45) is -0.530. The van der Waals surface area contributed by atoms with E-state index in [1.54, 1.807) is 0 Å². The van der Waals surface area contributed by atoms with Crippen molar-refractivity contribution in [2.45, 2.75) is 32.2 Å². The molecule has 34 heavy (non-hydrogen) atoms. The number of fused-ring (bicyclic) bond motifs is 6. The summed E-state index contributed by atoms with van der Waals surface area (Å²) in [5, 5.41) is 16.5. The van der Waals surface area contributed by atoms with Gasteiger partial charge < -0.3 is 9.59 Å². The number of hydrogen-bond donors (Lipinski definition) is 1. The Morgan fingerprint density at radius 2 is 1.29 bits per heavy atom. The lowest BCUT2D eigenvalue weighted by Crippen LogP contribution is -2.51. The molecule has 0 unspecified atom stereocenters. The molecule has 0 saturated carbocycles. The van der Waals surface area contributed by atoms with Crippen LogP contribution in [-0.2, 0) is 13.1 Å². The van der Waals surface area contributed by atoms with Crippen LogP contribution in [0.4, 0.5) is 0 Å². The zero-order valence-corrected chi connectivity index (χ0v) is 19.8. The maximum Gasteiger partial charge on any atom is 0.130 e. The fourth-order valence-corrected chi connectivity index (χ4v) is 5.81. The molecule has 2 heteroatoms. The summed E-state index contributed by atoms with van der Waals surface area (Å²) < 4.78 is 0.743. The molecule has 1 heterocycles. The molecule has 0 radical (unpaired) electrons. The summed E-state index contributed by atoms with van der Waals surface area (Å²) >= 11 is 0. The third-order valence-corrected chi connectivity index (χ3v) is 7.90. The molecule has 0 aliphatic carbocycles. The topological polar surface area (TPSA) is 20.2 Å². The number of aliphatic hydroxyl groups is 1. The van der Waals surface area contributed by atoms with E-state index in [-0.39, 0.29) is 6.04 Å². The monoisotopic (exact) mass is 444 g/mol. The van der Waals surface area contributed by atoms with Gasteiger partial charge in [0, 0.05) is 11.1 Å². The normalized spacial score (nSPS) is 19.3. The summed E-state index contributed by atoms with van der Waals surface area (Å²) in [5.41, 5.74) is 6.36. The molecule has 1 aliphatic heterocycles. The zero-order chi connectivity index (χ0) is 23.3. The summed E-state index contributed by atoms with van der Waals surface area (Å²) in [5.74, 6) is 0. The van der Waals surface area contributed by atoms with Crippen LogP contribution in [0.5, 0.6) is 0 Å². The highest BCUT2D eigenvalue weighted by Crippen LogP contribution is 2.43. The van der Waals surface area contributed by atoms with Gasteiger partial charge in [-0.3, -0.25) is 0 Å². The third-order valence-electron chi connectivity index (χ3n) is 7.90. The van der Waals surface area contributed by atoms with E-state index in [1.807, 2.05) is 30.3 Å². The Kier molecular flexibility index (Phi) is 5.02. The second-order valence-corrected chi connectivity index (χ2v) is 10.1. The van der Waals surface area contributed by atoms with Crippen molar-refractivity contribution in [1.82, 2.24) is 0 Å². The van der Waals surface area contributed by atoms with E-state index in [9.17, 15) is 5.11 Å². The average molecular weight is 445 g/mol. The van der Waals surface area contributed by atoms with Crippen LogP contribution in [0.15, 0.2) is 103 Å². The zero-order valence-electron chi connectivity index (χ0n) is 19.8. The molecule has 0 bridgehead atoms. The standard InChI is InChI=1S/C32H30NO/c1-22(32(34)24-11-4-3-5-12-24)33(2)20-27-17-16-23-10-8-9-15-29(23)31(27)30-19-26-14-7-6-13-25(26)18-28(30)21-33/h3-19,22,32,34H,20-21H2,1-2H3/q+1/t22-,32-,33+/m1/s1. The van der Waals surface area contributed by atoms with Gasteiger partial charge in [0.2, 0.25) is 0 Å². The van der Waals surface area contributed by atoms with Gasteiger partial charge in [0.05, 0.1) is 7.05 Å². The Balaban J connectivity index is 1.58. The number of hydrogen-bond acceptors (Lipinski definition) is 1. The summed E-state index contributed by atoms with van der Waals surface area (Å²) in [4.78, 5) is 0. The van der Waals surface area contributed by atoms with Crippen LogP contribution in [0.25, 0.3) is 32.7 Å². The number of likely N-dealkylation sites (N-methyl/N-ethyl adjacent to an activating group) is 1. The van der Waals surface area contributed by atoms with Crippen molar-refractivity contribution in [3.05, 3.63) is 120 Å². The molecular formula is C32H30NO+. The second kappa shape index (κ2) is 8.09. The Bertz CT molecular complexity index is 1510. The smallest absolute Gasteiger partial charge is 0.130 e. The fourth-order valence-electron chi connectivity index (χ4n) is 5.81. The Hall–Kier alpha value is -3.46. The van der Waals surface area contributed by atoms with Crippen LogP contribution in [0.3, 0.4) is 0 Å². The minimum absolute atomic E-state index is 0.0270. The number of benzene rings is 5. The number of rotatable bonds is 3. The maximum absolute atomic E-state index is 11.4. The predicted octanol–water partition coefficient (Wildman–Crippen LogP) is 7.24. The third kappa shape index (κ3) is 3.42. The van der Waals surface area contributed by atoms with Gasteiger partial charge in [-0.05, 0) is 57.3 Å². The van der Waals surface area contributed by atoms with Crippen molar-refractivity contribution >= 4 is 21.5 Å². The van der Waals surface area contributed by atoms with Gasteiger partial charge in [0.1, 0.15) is 25.2 Å². The molecule has 0 amide bonds. The van der Waals surface area contributed by atoms with Crippen LogP contribution < -0.4 is 0 Å². The first-order valence-electron chi connectivity index (χ1n) is 12.1. The SMILES string of the molecule is C[C@H]([C@@H](O)c1ccccc1)[N@+]1(C)Cc2cc3ccccc3cc2-c2c(ccc3ccccc23)C1. The number of aliphatic hydroxyl groups excluding tert-OH is 1. The highest BCUT2D eigenvalue weighted by atomic mass is 16.3. The van der Waals surface area contributed by atoms with E-state index >= 15 is 0 Å². The Labute approximate surface area is 201 Å². The highest BCUT2D eigenvalue weighted by molar-refractivity contribution is 6.01. The minimum Gasteiger partial charge on any atom is -0.382 e. The lowest BCUT2D eigenvalue weighted by Gasteiger charge is -2.42. The van der Waals surface area contributed by atoms with Crippen LogP contribution in [0.1, 0.15) is 29.7 Å². The number of quaternary nitrogens is 1. The minimum atomic E-state index is -0.530. The van der Waals surface area contributed by atoms with Gasteiger partial charge in [-0.1, -0.05) is 91.0 Å². The molecule has 168 valence electrons. The summed E-state index contributed by atoms with van der Waals surface area (Å²) in [7, 11) is 2.31. The predicted molar refractivity (Wildman–Crippen MR) is 141 cm³/mol. The molecule has 1 aliphatic rings. The molecule has 3 atom stereocenters. The van der Waals surface area contributed by atoms with E-state index in [0.29, 0.717) is 0 Å². The first-order chi connectivity index (χ1) is 16.5. The van der Waals surface area contributed by atoms with Gasteiger partial charge >= 0.3 is 0 Å². The first kappa shape index (κ1) is 21.1. The summed E-state index contributed by atoms with van der Waals surface area (Å²) in [6.45, 7) is 3.94. The summed E-state index contributed by atoms with van der Waals surface area (Å²) in [6, 6.07) is 36.8. The van der Waals surface area contributed by atoms with Crippen molar-refractivity contribution in [2.75, 3.05) is 7.05 Å². The van der Waals surface area contributed by atoms with E-state index in [1.165, 1.54) is 43.8 Å². The van der Waals surface area contributed by atoms with Gasteiger partial charge in [0.25, 0.3) is 0 Å². The quantitative estimate of drug-likeness (QED) is 0.291. The van der Waals surface area contributed by atoms with Gasteiger partial charge in [-0.2, -0.15) is 0 Å². The molecule has 0 aromatic heterocycles. The van der Waals surface area contributed by atoms with Gasteiger partial charge in [0.15, 0.2) is 0 Å². The van der Waals surface area contributed by atoms with Crippen LogP contribution in [0, 0.1) is 0 Å².